The molecule has 1 N–H and O–H groups in total. The number of thioether (sulfide) groups is 1. The van der Waals surface area contributed by atoms with Gasteiger partial charge in [-0.1, -0.05) is 42.1 Å². The third-order valence-corrected chi connectivity index (χ3v) is 6.72. The Kier molecular flexibility index (Phi) is 7.01. The fourth-order valence-corrected chi connectivity index (χ4v) is 4.98. The van der Waals surface area contributed by atoms with Gasteiger partial charge in [-0.25, -0.2) is 9.37 Å². The third-order valence-electron chi connectivity index (χ3n) is 4.81. The zero-order valence-corrected chi connectivity index (χ0v) is 18.6. The number of nitrogens with zero attached hydrogens (tertiary/aromatic N) is 2. The summed E-state index contributed by atoms with van der Waals surface area (Å²) >= 11 is 2.95. The molecule has 0 aliphatic carbocycles. The van der Waals surface area contributed by atoms with Gasteiger partial charge in [-0.3, -0.25) is 4.79 Å². The first-order valence-electron chi connectivity index (χ1n) is 9.81. The summed E-state index contributed by atoms with van der Waals surface area (Å²) in [5.41, 5.74) is 2.75. The Bertz CT molecular complexity index is 1140. The number of imidazole rings is 1. The van der Waals surface area contributed by atoms with Gasteiger partial charge in [-0.15, -0.1) is 11.3 Å². The number of aromatic nitrogens is 2. The van der Waals surface area contributed by atoms with E-state index >= 15 is 0 Å². The highest BCUT2D eigenvalue weighted by Crippen LogP contribution is 2.28. The monoisotopic (exact) mass is 455 g/mol. The van der Waals surface area contributed by atoms with E-state index in [4.69, 9.17) is 4.74 Å². The Morgan fingerprint density at radius 3 is 2.74 bits per heavy atom. The van der Waals surface area contributed by atoms with E-state index in [0.717, 1.165) is 26.6 Å². The molecule has 4 aromatic rings. The molecule has 0 radical (unpaired) electrons. The SMILES string of the molecule is COCCn1c(SCC(=O)NC(c2ccc(F)cc2)c2cccs2)nc2ccccc21. The number of amides is 1. The van der Waals surface area contributed by atoms with Crippen LogP contribution in [0.1, 0.15) is 16.5 Å². The number of benzene rings is 2. The molecular formula is C23H22FN3O2S2. The Labute approximate surface area is 188 Å². The van der Waals surface area contributed by atoms with Gasteiger partial charge in [0.15, 0.2) is 5.16 Å². The maximum Gasteiger partial charge on any atom is 0.231 e. The van der Waals surface area contributed by atoms with E-state index in [9.17, 15) is 9.18 Å². The van der Waals surface area contributed by atoms with Crippen LogP contribution in [0.2, 0.25) is 0 Å². The predicted octanol–water partition coefficient (Wildman–Crippen LogP) is 4.88. The van der Waals surface area contributed by atoms with Crippen LogP contribution >= 0.6 is 23.1 Å². The van der Waals surface area contributed by atoms with Crippen molar-refractivity contribution in [2.24, 2.45) is 0 Å². The molecule has 0 saturated heterocycles. The second-order valence-electron chi connectivity index (χ2n) is 6.88. The summed E-state index contributed by atoms with van der Waals surface area (Å²) in [6, 6.07) is 17.7. The molecule has 0 aliphatic heterocycles. The zero-order valence-electron chi connectivity index (χ0n) is 17.0. The van der Waals surface area contributed by atoms with Crippen LogP contribution in [0.3, 0.4) is 0 Å². The average Bonchev–Trinajstić information content (AvgIpc) is 3.43. The summed E-state index contributed by atoms with van der Waals surface area (Å²) in [5.74, 6) is -0.192. The van der Waals surface area contributed by atoms with Crippen LogP contribution < -0.4 is 5.32 Å². The summed E-state index contributed by atoms with van der Waals surface area (Å²) < 4.78 is 20.7. The number of para-hydroxylation sites is 2. The van der Waals surface area contributed by atoms with Crippen molar-refractivity contribution in [3.8, 4) is 0 Å². The van der Waals surface area contributed by atoms with Gasteiger partial charge in [0.05, 0.1) is 29.4 Å². The molecule has 1 amide bonds. The van der Waals surface area contributed by atoms with E-state index in [-0.39, 0.29) is 23.5 Å². The predicted molar refractivity (Wildman–Crippen MR) is 123 cm³/mol. The molecular weight excluding hydrogens is 433 g/mol. The van der Waals surface area contributed by atoms with E-state index in [2.05, 4.69) is 14.9 Å². The van der Waals surface area contributed by atoms with Gasteiger partial charge < -0.3 is 14.6 Å². The molecule has 31 heavy (non-hydrogen) atoms. The molecule has 2 aromatic heterocycles. The molecule has 2 heterocycles. The number of nitrogens with one attached hydrogen (secondary N) is 1. The second kappa shape index (κ2) is 10.1. The van der Waals surface area contributed by atoms with Crippen LogP contribution in [0.5, 0.6) is 0 Å². The molecule has 160 valence electrons. The van der Waals surface area contributed by atoms with Crippen molar-refractivity contribution in [2.45, 2.75) is 17.7 Å². The van der Waals surface area contributed by atoms with E-state index in [1.807, 2.05) is 41.8 Å². The highest BCUT2D eigenvalue weighted by atomic mass is 32.2. The fourth-order valence-electron chi connectivity index (χ4n) is 3.32. The number of methoxy groups -OCH3 is 1. The van der Waals surface area contributed by atoms with Crippen molar-refractivity contribution < 1.29 is 13.9 Å². The lowest BCUT2D eigenvalue weighted by molar-refractivity contribution is -0.119. The summed E-state index contributed by atoms with van der Waals surface area (Å²) in [6.07, 6.45) is 0. The van der Waals surface area contributed by atoms with Gasteiger partial charge in [0.2, 0.25) is 5.91 Å². The average molecular weight is 456 g/mol. The zero-order chi connectivity index (χ0) is 21.6. The molecule has 0 bridgehead atoms. The van der Waals surface area contributed by atoms with Crippen molar-refractivity contribution in [1.29, 1.82) is 0 Å². The minimum Gasteiger partial charge on any atom is -0.383 e. The summed E-state index contributed by atoms with van der Waals surface area (Å²) in [4.78, 5) is 18.5. The Morgan fingerprint density at radius 2 is 2.00 bits per heavy atom. The van der Waals surface area contributed by atoms with Crippen LogP contribution in [0.15, 0.2) is 71.2 Å². The minimum absolute atomic E-state index is 0.113. The maximum atomic E-state index is 13.4. The number of fused-ring (bicyclic) bond motifs is 1. The minimum atomic E-state index is -0.319. The number of thiophene rings is 1. The lowest BCUT2D eigenvalue weighted by atomic mass is 10.1. The molecule has 1 atom stereocenters. The molecule has 0 saturated carbocycles. The number of ether oxygens (including phenoxy) is 1. The van der Waals surface area contributed by atoms with Crippen LogP contribution in [0.25, 0.3) is 11.0 Å². The molecule has 8 heteroatoms. The number of carbonyl (C=O) groups excluding carboxylic acids is 1. The smallest absolute Gasteiger partial charge is 0.231 e. The number of rotatable bonds is 9. The molecule has 1 unspecified atom stereocenters. The summed E-state index contributed by atoms with van der Waals surface area (Å²) in [6.45, 7) is 1.22. The Balaban J connectivity index is 1.49. The van der Waals surface area contributed by atoms with Crippen molar-refractivity contribution in [3.05, 3.63) is 82.3 Å². The van der Waals surface area contributed by atoms with Gasteiger partial charge in [-0.2, -0.15) is 0 Å². The topological polar surface area (TPSA) is 56.1 Å². The highest BCUT2D eigenvalue weighted by molar-refractivity contribution is 7.99. The lowest BCUT2D eigenvalue weighted by Gasteiger charge is -2.18. The molecule has 4 rings (SSSR count). The van der Waals surface area contributed by atoms with Gasteiger partial charge in [0, 0.05) is 18.5 Å². The number of hydrogen-bond donors (Lipinski definition) is 1. The summed E-state index contributed by atoms with van der Waals surface area (Å²) in [7, 11) is 1.67. The second-order valence-corrected chi connectivity index (χ2v) is 8.81. The van der Waals surface area contributed by atoms with Crippen molar-refractivity contribution in [2.75, 3.05) is 19.5 Å². The number of halogens is 1. The first kappa shape index (κ1) is 21.5. The van der Waals surface area contributed by atoms with E-state index < -0.39 is 0 Å². The van der Waals surface area contributed by atoms with E-state index in [1.54, 1.807) is 30.6 Å². The first-order chi connectivity index (χ1) is 15.2. The first-order valence-corrected chi connectivity index (χ1v) is 11.7. The normalized spacial score (nSPS) is 12.2. The third kappa shape index (κ3) is 5.15. The summed E-state index contributed by atoms with van der Waals surface area (Å²) in [5, 5.41) is 5.83. The largest absolute Gasteiger partial charge is 0.383 e. The van der Waals surface area contributed by atoms with Crippen LogP contribution in [0.4, 0.5) is 4.39 Å². The molecule has 0 spiro atoms. The maximum absolute atomic E-state index is 13.4. The van der Waals surface area contributed by atoms with Gasteiger partial charge >= 0.3 is 0 Å². The number of carbonyl (C=O) groups is 1. The lowest BCUT2D eigenvalue weighted by Crippen LogP contribution is -2.30. The van der Waals surface area contributed by atoms with Gasteiger partial charge in [0.1, 0.15) is 5.82 Å². The number of hydrogen-bond acceptors (Lipinski definition) is 5. The quantitative estimate of drug-likeness (QED) is 0.366. The van der Waals surface area contributed by atoms with E-state index in [0.29, 0.717) is 13.2 Å². The van der Waals surface area contributed by atoms with Crippen LogP contribution in [0, 0.1) is 5.82 Å². The fraction of sp³-hybridized carbons (Fsp3) is 0.217. The Morgan fingerprint density at radius 1 is 1.19 bits per heavy atom. The van der Waals surface area contributed by atoms with Crippen LogP contribution in [-0.4, -0.2) is 34.9 Å². The Hall–Kier alpha value is -2.68. The molecule has 0 fully saturated rings. The van der Waals surface area contributed by atoms with E-state index in [1.165, 1.54) is 23.9 Å². The van der Waals surface area contributed by atoms with Crippen molar-refractivity contribution >= 4 is 40.0 Å². The van der Waals surface area contributed by atoms with Crippen LogP contribution in [-0.2, 0) is 16.1 Å². The van der Waals surface area contributed by atoms with Gasteiger partial charge in [-0.05, 0) is 41.3 Å². The van der Waals surface area contributed by atoms with Crippen molar-refractivity contribution in [1.82, 2.24) is 14.9 Å². The molecule has 2 aromatic carbocycles. The highest BCUT2D eigenvalue weighted by Gasteiger charge is 2.19. The standard InChI is InChI=1S/C23H22FN3O2S2/c1-29-13-12-27-19-6-3-2-5-18(19)25-23(27)31-15-21(28)26-22(20-7-4-14-30-20)16-8-10-17(24)11-9-16/h2-11,14,22H,12-13,15H2,1H3,(H,26,28). The molecule has 5 nitrogen and oxygen atoms in total. The molecule has 0 aliphatic rings. The van der Waals surface area contributed by atoms with Crippen molar-refractivity contribution in [3.63, 3.8) is 0 Å². The van der Waals surface area contributed by atoms with Gasteiger partial charge in [0.25, 0.3) is 0 Å².